The van der Waals surface area contributed by atoms with E-state index in [0.29, 0.717) is 17.9 Å². The van der Waals surface area contributed by atoms with Crippen molar-refractivity contribution < 1.29 is 13.2 Å². The molecule has 4 rings (SSSR count). The van der Waals surface area contributed by atoms with E-state index in [-0.39, 0.29) is 11.4 Å². The van der Waals surface area contributed by atoms with Gasteiger partial charge in [0.05, 0.1) is 10.6 Å². The highest BCUT2D eigenvalue weighted by Gasteiger charge is 2.14. The molecule has 0 aliphatic rings. The summed E-state index contributed by atoms with van der Waals surface area (Å²) in [5.74, 6) is 1.27. The van der Waals surface area contributed by atoms with Crippen molar-refractivity contribution in [3.05, 3.63) is 90.2 Å². The van der Waals surface area contributed by atoms with Gasteiger partial charge in [-0.05, 0) is 48.5 Å². The molecule has 0 unspecified atom stereocenters. The summed E-state index contributed by atoms with van der Waals surface area (Å²) in [5, 5.41) is 2.81. The molecule has 1 N–H and O–H groups in total. The van der Waals surface area contributed by atoms with E-state index in [1.165, 1.54) is 23.5 Å². The molecule has 0 saturated heterocycles. The van der Waals surface area contributed by atoms with Gasteiger partial charge in [0.2, 0.25) is 10.0 Å². The largest absolute Gasteiger partial charge is 0.457 e. The Labute approximate surface area is 179 Å². The number of nitrogens with one attached hydrogen (secondary N) is 1. The van der Waals surface area contributed by atoms with E-state index in [1.807, 2.05) is 47.8 Å². The Bertz CT molecular complexity index is 1190. The van der Waals surface area contributed by atoms with Crippen molar-refractivity contribution in [2.75, 3.05) is 6.54 Å². The summed E-state index contributed by atoms with van der Waals surface area (Å²) < 4.78 is 33.4. The van der Waals surface area contributed by atoms with Gasteiger partial charge in [0.15, 0.2) is 0 Å². The summed E-state index contributed by atoms with van der Waals surface area (Å²) in [5.41, 5.74) is 1.79. The minimum absolute atomic E-state index is 0.192. The monoisotopic (exact) mass is 437 g/mol. The van der Waals surface area contributed by atoms with Gasteiger partial charge in [-0.1, -0.05) is 18.2 Å². The molecule has 0 fully saturated rings. The highest BCUT2D eigenvalue weighted by molar-refractivity contribution is 7.89. The first-order chi connectivity index (χ1) is 14.6. The predicted molar refractivity (Wildman–Crippen MR) is 117 cm³/mol. The van der Waals surface area contributed by atoms with Crippen LogP contribution in [0.3, 0.4) is 0 Å². The Balaban J connectivity index is 1.34. The van der Waals surface area contributed by atoms with E-state index in [9.17, 15) is 8.42 Å². The number of ether oxygens (including phenoxy) is 1. The van der Waals surface area contributed by atoms with Crippen LogP contribution in [-0.2, 0) is 16.4 Å². The molecule has 4 aromatic rings. The van der Waals surface area contributed by atoms with Crippen molar-refractivity contribution in [2.45, 2.75) is 11.3 Å². The lowest BCUT2D eigenvalue weighted by molar-refractivity contribution is 0.482. The van der Waals surface area contributed by atoms with Gasteiger partial charge in [0, 0.05) is 36.3 Å². The van der Waals surface area contributed by atoms with Gasteiger partial charge in [0.1, 0.15) is 16.5 Å². The number of hydrogen-bond donors (Lipinski definition) is 1. The quantitative estimate of drug-likeness (QED) is 0.438. The number of hydrogen-bond acceptors (Lipinski definition) is 6. The Hall–Kier alpha value is -3.07. The number of thiazole rings is 1. The molecule has 0 atom stereocenters. The van der Waals surface area contributed by atoms with Gasteiger partial charge < -0.3 is 4.74 Å². The third-order valence-corrected chi connectivity index (χ3v) is 6.66. The molecular weight excluding hydrogens is 418 g/mol. The summed E-state index contributed by atoms with van der Waals surface area (Å²) in [6, 6.07) is 19.5. The van der Waals surface area contributed by atoms with Gasteiger partial charge in [-0.3, -0.25) is 4.98 Å². The normalized spacial score (nSPS) is 11.3. The molecule has 30 heavy (non-hydrogen) atoms. The van der Waals surface area contributed by atoms with Gasteiger partial charge in [-0.25, -0.2) is 18.1 Å². The molecule has 8 heteroatoms. The summed E-state index contributed by atoms with van der Waals surface area (Å²) in [6.45, 7) is 0.265. The second-order valence-corrected chi connectivity index (χ2v) is 9.05. The van der Waals surface area contributed by atoms with E-state index in [2.05, 4.69) is 14.7 Å². The number of aromatic nitrogens is 2. The maximum atomic E-state index is 12.5. The van der Waals surface area contributed by atoms with Crippen LogP contribution in [0.4, 0.5) is 0 Å². The molecule has 0 bridgehead atoms. The zero-order valence-electron chi connectivity index (χ0n) is 15.9. The second-order valence-electron chi connectivity index (χ2n) is 6.42. The van der Waals surface area contributed by atoms with Crippen LogP contribution >= 0.6 is 11.3 Å². The van der Waals surface area contributed by atoms with Crippen molar-refractivity contribution in [3.63, 3.8) is 0 Å². The number of nitrogens with zero attached hydrogens (tertiary/aromatic N) is 2. The number of benzene rings is 2. The molecule has 2 aromatic heterocycles. The fourth-order valence-corrected chi connectivity index (χ4v) is 4.63. The molecule has 0 spiro atoms. The fourth-order valence-electron chi connectivity index (χ4n) is 2.75. The number of sulfonamides is 1. The first-order valence-electron chi connectivity index (χ1n) is 9.28. The minimum atomic E-state index is -3.61. The molecule has 2 heterocycles. The average Bonchev–Trinajstić information content (AvgIpc) is 3.24. The van der Waals surface area contributed by atoms with Crippen molar-refractivity contribution >= 4 is 21.4 Å². The zero-order valence-corrected chi connectivity index (χ0v) is 17.6. The van der Waals surface area contributed by atoms with Gasteiger partial charge in [-0.15, -0.1) is 11.3 Å². The zero-order chi connectivity index (χ0) is 20.8. The molecule has 2 aromatic carbocycles. The van der Waals surface area contributed by atoms with Crippen LogP contribution in [0.5, 0.6) is 11.5 Å². The van der Waals surface area contributed by atoms with E-state index in [4.69, 9.17) is 4.74 Å². The minimum Gasteiger partial charge on any atom is -0.457 e. The lowest BCUT2D eigenvalue weighted by Gasteiger charge is -2.08. The van der Waals surface area contributed by atoms with Crippen LogP contribution in [0.2, 0.25) is 0 Å². The smallest absolute Gasteiger partial charge is 0.240 e. The third-order valence-electron chi connectivity index (χ3n) is 4.25. The topological polar surface area (TPSA) is 81.2 Å². The van der Waals surface area contributed by atoms with Crippen LogP contribution in [0, 0.1) is 0 Å². The molecule has 0 radical (unpaired) electrons. The highest BCUT2D eigenvalue weighted by Crippen LogP contribution is 2.24. The lowest BCUT2D eigenvalue weighted by Crippen LogP contribution is -2.26. The van der Waals surface area contributed by atoms with Crippen LogP contribution in [0.25, 0.3) is 10.6 Å². The average molecular weight is 438 g/mol. The fraction of sp³-hybridized carbons (Fsp3) is 0.0909. The van der Waals surface area contributed by atoms with Gasteiger partial charge >= 0.3 is 0 Å². The van der Waals surface area contributed by atoms with E-state index < -0.39 is 10.0 Å². The van der Waals surface area contributed by atoms with Crippen molar-refractivity contribution in [1.29, 1.82) is 0 Å². The van der Waals surface area contributed by atoms with Crippen LogP contribution in [0.1, 0.15) is 5.69 Å². The molecular formula is C22H19N3O3S2. The maximum absolute atomic E-state index is 12.5. The lowest BCUT2D eigenvalue weighted by atomic mass is 10.3. The maximum Gasteiger partial charge on any atom is 0.240 e. The Kier molecular flexibility index (Phi) is 6.18. The molecule has 0 saturated carbocycles. The predicted octanol–water partition coefficient (Wildman–Crippen LogP) is 4.52. The Morgan fingerprint density at radius 2 is 1.70 bits per heavy atom. The first kappa shape index (κ1) is 20.2. The molecule has 0 aliphatic carbocycles. The Morgan fingerprint density at radius 3 is 2.43 bits per heavy atom. The number of rotatable bonds is 8. The molecule has 6 nitrogen and oxygen atoms in total. The van der Waals surface area contributed by atoms with E-state index in [1.54, 1.807) is 24.5 Å². The molecule has 0 amide bonds. The first-order valence-corrected chi connectivity index (χ1v) is 11.6. The SMILES string of the molecule is O=S(=O)(NCCc1csc(-c2cccnc2)n1)c1ccc(Oc2ccccc2)cc1. The molecule has 0 aliphatic heterocycles. The molecule has 152 valence electrons. The van der Waals surface area contributed by atoms with Crippen molar-refractivity contribution in [2.24, 2.45) is 0 Å². The summed E-state index contributed by atoms with van der Waals surface area (Å²) in [7, 11) is -3.61. The van der Waals surface area contributed by atoms with Gasteiger partial charge in [0.25, 0.3) is 0 Å². The van der Waals surface area contributed by atoms with Crippen molar-refractivity contribution in [1.82, 2.24) is 14.7 Å². The summed E-state index contributed by atoms with van der Waals surface area (Å²) >= 11 is 1.52. The standard InChI is InChI=1S/C22H19N3O3S2/c26-30(27,21-10-8-20(9-11-21)28-19-6-2-1-3-7-19)24-14-12-18-16-29-22(25-18)17-5-4-13-23-15-17/h1-11,13,15-16,24H,12,14H2. The Morgan fingerprint density at radius 1 is 0.933 bits per heavy atom. The van der Waals surface area contributed by atoms with Crippen LogP contribution in [-0.4, -0.2) is 24.9 Å². The number of pyridine rings is 1. The van der Waals surface area contributed by atoms with E-state index in [0.717, 1.165) is 16.3 Å². The summed E-state index contributed by atoms with van der Waals surface area (Å²) in [4.78, 5) is 8.84. The van der Waals surface area contributed by atoms with Crippen LogP contribution in [0.15, 0.2) is 89.4 Å². The van der Waals surface area contributed by atoms with E-state index >= 15 is 0 Å². The summed E-state index contributed by atoms with van der Waals surface area (Å²) in [6.07, 6.45) is 3.98. The van der Waals surface area contributed by atoms with Gasteiger partial charge in [-0.2, -0.15) is 0 Å². The third kappa shape index (κ3) is 5.10. The highest BCUT2D eigenvalue weighted by atomic mass is 32.2. The number of para-hydroxylation sites is 1. The van der Waals surface area contributed by atoms with Crippen molar-refractivity contribution in [3.8, 4) is 22.1 Å². The van der Waals surface area contributed by atoms with Crippen LogP contribution < -0.4 is 9.46 Å². The second kappa shape index (κ2) is 9.17.